The molecule has 0 unspecified atom stereocenters. The molecule has 3 rings (SSSR count). The second kappa shape index (κ2) is 8.87. The predicted octanol–water partition coefficient (Wildman–Crippen LogP) is 2.46. The number of benzene rings is 2. The lowest BCUT2D eigenvalue weighted by molar-refractivity contribution is -0.121. The van der Waals surface area contributed by atoms with Gasteiger partial charge >= 0.3 is 0 Å². The molecule has 1 heterocycles. The third kappa shape index (κ3) is 4.12. The van der Waals surface area contributed by atoms with Gasteiger partial charge in [-0.05, 0) is 18.2 Å². The fourth-order valence-corrected chi connectivity index (χ4v) is 2.85. The van der Waals surface area contributed by atoms with Gasteiger partial charge in [0.15, 0.2) is 29.7 Å². The van der Waals surface area contributed by atoms with Crippen LogP contribution in [0.3, 0.4) is 0 Å². The molecular weight excluding hydrogens is 392 g/mol. The first-order chi connectivity index (χ1) is 14.5. The highest BCUT2D eigenvalue weighted by Crippen LogP contribution is 2.35. The molecule has 0 spiro atoms. The highest BCUT2D eigenvalue weighted by atomic mass is 16.5. The van der Waals surface area contributed by atoms with Crippen molar-refractivity contribution in [3.63, 3.8) is 0 Å². The van der Waals surface area contributed by atoms with E-state index in [9.17, 15) is 9.59 Å². The van der Waals surface area contributed by atoms with Crippen molar-refractivity contribution in [3.05, 3.63) is 46.6 Å². The number of methoxy groups -OCH3 is 3. The van der Waals surface area contributed by atoms with Gasteiger partial charge in [-0.15, -0.1) is 0 Å². The van der Waals surface area contributed by atoms with Gasteiger partial charge in [-0.3, -0.25) is 14.9 Å². The summed E-state index contributed by atoms with van der Waals surface area (Å²) in [4.78, 5) is 24.2. The minimum atomic E-state index is -0.614. The Kier molecular flexibility index (Phi) is 6.08. The van der Waals surface area contributed by atoms with Gasteiger partial charge in [-0.2, -0.15) is 5.26 Å². The van der Waals surface area contributed by atoms with E-state index in [0.717, 1.165) is 0 Å². The van der Waals surface area contributed by atoms with Gasteiger partial charge in [0, 0.05) is 23.8 Å². The summed E-state index contributed by atoms with van der Waals surface area (Å²) in [7, 11) is 4.44. The van der Waals surface area contributed by atoms with Gasteiger partial charge in [0.2, 0.25) is 0 Å². The smallest absolute Gasteiger partial charge is 0.270 e. The molecule has 1 aromatic heterocycles. The molecule has 1 N–H and O–H groups in total. The Balaban J connectivity index is 2.08. The lowest BCUT2D eigenvalue weighted by Gasteiger charge is -2.12. The summed E-state index contributed by atoms with van der Waals surface area (Å²) in [6.07, 6.45) is 1.52. The Morgan fingerprint density at radius 2 is 1.77 bits per heavy atom. The Morgan fingerprint density at radius 3 is 2.43 bits per heavy atom. The molecule has 0 radical (unpaired) electrons. The zero-order valence-corrected chi connectivity index (χ0v) is 16.5. The van der Waals surface area contributed by atoms with Gasteiger partial charge in [-0.25, -0.2) is 0 Å². The van der Waals surface area contributed by atoms with Gasteiger partial charge in [-0.1, -0.05) is 0 Å². The summed E-state index contributed by atoms with van der Waals surface area (Å²) < 4.78 is 27.1. The first-order valence-electron chi connectivity index (χ1n) is 8.69. The number of hydrogen-bond donors (Lipinski definition) is 1. The van der Waals surface area contributed by atoms with Gasteiger partial charge in [0.1, 0.15) is 28.2 Å². The zero-order chi connectivity index (χ0) is 21.7. The predicted molar refractivity (Wildman–Crippen MR) is 107 cm³/mol. The lowest BCUT2D eigenvalue weighted by atomic mass is 10.1. The molecule has 3 aromatic rings. The maximum absolute atomic E-state index is 12.8. The highest BCUT2D eigenvalue weighted by Gasteiger charge is 2.16. The Hall–Kier alpha value is -4.19. The first kappa shape index (κ1) is 20.5. The quantitative estimate of drug-likeness (QED) is 0.466. The maximum Gasteiger partial charge on any atom is 0.270 e. The van der Waals surface area contributed by atoms with Crippen LogP contribution in [-0.2, 0) is 4.79 Å². The largest absolute Gasteiger partial charge is 0.496 e. The molecule has 1 amide bonds. The van der Waals surface area contributed by atoms with E-state index in [1.165, 1.54) is 45.7 Å². The molecule has 30 heavy (non-hydrogen) atoms. The van der Waals surface area contributed by atoms with Crippen LogP contribution >= 0.6 is 0 Å². The van der Waals surface area contributed by atoms with Gasteiger partial charge in [0.25, 0.3) is 5.91 Å². The van der Waals surface area contributed by atoms with Crippen LogP contribution in [0, 0.1) is 11.5 Å². The van der Waals surface area contributed by atoms with Crippen molar-refractivity contribution < 1.29 is 28.2 Å². The van der Waals surface area contributed by atoms with Crippen molar-refractivity contribution in [2.45, 2.75) is 0 Å². The van der Waals surface area contributed by atoms with E-state index in [1.807, 2.05) is 5.32 Å². The number of fused-ring (bicyclic) bond motifs is 1. The van der Waals surface area contributed by atoms with E-state index in [0.29, 0.717) is 22.8 Å². The molecule has 0 fully saturated rings. The molecule has 2 aromatic carbocycles. The second-order valence-electron chi connectivity index (χ2n) is 5.99. The van der Waals surface area contributed by atoms with Crippen LogP contribution in [0.5, 0.6) is 23.0 Å². The van der Waals surface area contributed by atoms with Crippen molar-refractivity contribution in [1.82, 2.24) is 5.32 Å². The minimum absolute atomic E-state index is 0.210. The van der Waals surface area contributed by atoms with Crippen LogP contribution in [0.15, 0.2) is 45.6 Å². The summed E-state index contributed by atoms with van der Waals surface area (Å²) in [5.74, 6) is 1.18. The normalized spacial score (nSPS) is 10.2. The maximum atomic E-state index is 12.8. The van der Waals surface area contributed by atoms with Crippen molar-refractivity contribution in [2.24, 2.45) is 0 Å². The average molecular weight is 410 g/mol. The molecule has 0 aliphatic heterocycles. The Morgan fingerprint density at radius 1 is 1.03 bits per heavy atom. The van der Waals surface area contributed by atoms with Gasteiger partial charge in [0.05, 0.1) is 21.3 Å². The molecule has 0 bridgehead atoms. The van der Waals surface area contributed by atoms with Crippen molar-refractivity contribution in [2.75, 3.05) is 27.9 Å². The summed E-state index contributed by atoms with van der Waals surface area (Å²) in [5.41, 5.74) is 0.499. The second-order valence-corrected chi connectivity index (χ2v) is 5.99. The fraction of sp³-hybridized carbons (Fsp3) is 0.190. The lowest BCUT2D eigenvalue weighted by Crippen LogP contribution is -2.24. The number of rotatable bonds is 7. The molecule has 0 saturated heterocycles. The number of carbonyl (C=O) groups is 1. The van der Waals surface area contributed by atoms with E-state index in [2.05, 4.69) is 0 Å². The highest BCUT2D eigenvalue weighted by molar-refractivity contribution is 5.87. The third-order valence-electron chi connectivity index (χ3n) is 4.22. The van der Waals surface area contributed by atoms with Crippen LogP contribution < -0.4 is 29.7 Å². The molecule has 9 nitrogen and oxygen atoms in total. The number of amides is 1. The molecular formula is C21H18N2O7. The van der Waals surface area contributed by atoms with E-state index in [4.69, 9.17) is 28.6 Å². The molecule has 0 aliphatic carbocycles. The SMILES string of the molecule is COc1ccc(-c2cc(=O)c3c(OC)cc(OCC(=O)NC#N)cc3o2)cc1OC. The molecule has 0 atom stereocenters. The van der Waals surface area contributed by atoms with E-state index < -0.39 is 5.91 Å². The number of carbonyl (C=O) groups excluding carboxylic acids is 1. The van der Waals surface area contributed by atoms with Crippen molar-refractivity contribution in [3.8, 4) is 40.5 Å². The number of nitrogens with zero attached hydrogens (tertiary/aromatic N) is 1. The Labute approximate surface area is 171 Å². The summed E-state index contributed by atoms with van der Waals surface area (Å²) >= 11 is 0. The average Bonchev–Trinajstić information content (AvgIpc) is 2.76. The third-order valence-corrected chi connectivity index (χ3v) is 4.22. The van der Waals surface area contributed by atoms with E-state index in [-0.39, 0.29) is 34.5 Å². The topological polar surface area (TPSA) is 120 Å². The minimum Gasteiger partial charge on any atom is -0.496 e. The van der Waals surface area contributed by atoms with Crippen LogP contribution in [0.25, 0.3) is 22.3 Å². The van der Waals surface area contributed by atoms with Gasteiger partial charge < -0.3 is 23.4 Å². The van der Waals surface area contributed by atoms with E-state index in [1.54, 1.807) is 18.2 Å². The number of nitrogens with one attached hydrogen (secondary N) is 1. The molecule has 0 saturated carbocycles. The summed E-state index contributed by atoms with van der Waals surface area (Å²) in [5, 5.41) is 10.7. The molecule has 0 aliphatic rings. The zero-order valence-electron chi connectivity index (χ0n) is 16.5. The van der Waals surface area contributed by atoms with E-state index >= 15 is 0 Å². The molecule has 154 valence electrons. The summed E-state index contributed by atoms with van der Waals surface area (Å²) in [6, 6.07) is 9.42. The number of ether oxygens (including phenoxy) is 4. The van der Waals surface area contributed by atoms with Crippen LogP contribution in [-0.4, -0.2) is 33.8 Å². The first-order valence-corrected chi connectivity index (χ1v) is 8.69. The van der Waals surface area contributed by atoms with Crippen LogP contribution in [0.2, 0.25) is 0 Å². The standard InChI is InChI=1S/C21H18N2O7/c1-26-15-5-4-12(6-17(15)27-2)16-9-14(24)21-18(28-3)7-13(8-19(21)30-16)29-10-20(25)23-11-22/h4-9H,10H2,1-3H3,(H,23,25). The number of nitriles is 1. The Bertz CT molecular complexity index is 1190. The van der Waals surface area contributed by atoms with Crippen molar-refractivity contribution >= 4 is 16.9 Å². The number of hydrogen-bond acceptors (Lipinski definition) is 8. The fourth-order valence-electron chi connectivity index (χ4n) is 2.85. The van der Waals surface area contributed by atoms with Crippen LogP contribution in [0.4, 0.5) is 0 Å². The van der Waals surface area contributed by atoms with Crippen LogP contribution in [0.1, 0.15) is 0 Å². The summed E-state index contributed by atoms with van der Waals surface area (Å²) in [6.45, 7) is -0.387. The molecule has 9 heteroatoms. The monoisotopic (exact) mass is 410 g/mol. The van der Waals surface area contributed by atoms with Crippen molar-refractivity contribution in [1.29, 1.82) is 5.26 Å².